The topological polar surface area (TPSA) is 67.8 Å². The number of anilines is 1. The first-order valence-corrected chi connectivity index (χ1v) is 4.86. The quantitative estimate of drug-likeness (QED) is 0.591. The van der Waals surface area contributed by atoms with E-state index >= 15 is 0 Å². The highest BCUT2D eigenvalue weighted by Gasteiger charge is 2.03. The van der Waals surface area contributed by atoms with Crippen molar-refractivity contribution in [1.82, 2.24) is 15.2 Å². The second-order valence-electron chi connectivity index (χ2n) is 2.66. The zero-order valence-electron chi connectivity index (χ0n) is 7.61. The number of hydrogen-bond acceptors (Lipinski definition) is 4. The maximum Gasteiger partial charge on any atom is 0.249 e. The van der Waals surface area contributed by atoms with Crippen LogP contribution in [0.1, 0.15) is 19.3 Å². The number of aromatic nitrogens is 3. The largest absolute Gasteiger partial charge is 0.293 e. The van der Waals surface area contributed by atoms with Gasteiger partial charge in [0.15, 0.2) is 0 Å². The van der Waals surface area contributed by atoms with Crippen molar-refractivity contribution >= 4 is 23.5 Å². The smallest absolute Gasteiger partial charge is 0.249 e. The first-order valence-electron chi connectivity index (χ1n) is 4.32. The lowest BCUT2D eigenvalue weighted by molar-refractivity contribution is -0.116. The maximum atomic E-state index is 11.2. The molecule has 1 amide bonds. The molecule has 0 aliphatic carbocycles. The minimum absolute atomic E-state index is 0.108. The van der Waals surface area contributed by atoms with Crippen LogP contribution in [0.4, 0.5) is 5.95 Å². The summed E-state index contributed by atoms with van der Waals surface area (Å²) in [6.45, 7) is 0. The molecule has 0 spiro atoms. The van der Waals surface area contributed by atoms with Gasteiger partial charge in [-0.15, -0.1) is 16.7 Å². The lowest BCUT2D eigenvalue weighted by Crippen LogP contribution is -2.13. The Hall–Kier alpha value is -1.23. The molecule has 5 nitrogen and oxygen atoms in total. The highest BCUT2D eigenvalue weighted by atomic mass is 35.5. The van der Waals surface area contributed by atoms with Crippen molar-refractivity contribution < 1.29 is 4.79 Å². The average molecular weight is 215 g/mol. The van der Waals surface area contributed by atoms with Crippen molar-refractivity contribution in [3.05, 3.63) is 12.4 Å². The molecular formula is C8H11ClN4O. The summed E-state index contributed by atoms with van der Waals surface area (Å²) in [5, 5.41) is 9.75. The van der Waals surface area contributed by atoms with Gasteiger partial charge >= 0.3 is 0 Å². The van der Waals surface area contributed by atoms with E-state index in [1.165, 1.54) is 12.4 Å². The molecular weight excluding hydrogens is 204 g/mol. The monoisotopic (exact) mass is 214 g/mol. The number of rotatable bonds is 5. The van der Waals surface area contributed by atoms with E-state index < -0.39 is 0 Å². The lowest BCUT2D eigenvalue weighted by Gasteiger charge is -2.00. The van der Waals surface area contributed by atoms with Crippen LogP contribution in [-0.4, -0.2) is 27.0 Å². The minimum atomic E-state index is -0.108. The molecule has 0 fully saturated rings. The molecule has 0 aliphatic rings. The number of halogens is 1. The van der Waals surface area contributed by atoms with Crippen molar-refractivity contribution in [2.75, 3.05) is 11.2 Å². The second kappa shape index (κ2) is 6.26. The Morgan fingerprint density at radius 1 is 1.43 bits per heavy atom. The van der Waals surface area contributed by atoms with Crippen LogP contribution in [0.5, 0.6) is 0 Å². The van der Waals surface area contributed by atoms with Crippen molar-refractivity contribution in [2.45, 2.75) is 19.3 Å². The van der Waals surface area contributed by atoms with Crippen LogP contribution < -0.4 is 5.32 Å². The Balaban J connectivity index is 2.27. The standard InChI is InChI=1S/C8H11ClN4O/c9-4-2-1-3-7(14)12-8-10-5-6-11-13-8/h5-6H,1-4H2,(H,10,12,13,14). The van der Waals surface area contributed by atoms with E-state index in [0.29, 0.717) is 12.3 Å². The molecule has 0 saturated carbocycles. The van der Waals surface area contributed by atoms with Crippen LogP contribution in [0.2, 0.25) is 0 Å². The first-order chi connectivity index (χ1) is 6.83. The van der Waals surface area contributed by atoms with Gasteiger partial charge in [-0.3, -0.25) is 10.1 Å². The summed E-state index contributed by atoms with van der Waals surface area (Å²) in [4.78, 5) is 15.0. The molecule has 0 bridgehead atoms. The fourth-order valence-corrected chi connectivity index (χ4v) is 1.06. The molecule has 0 aromatic carbocycles. The molecule has 1 rings (SSSR count). The summed E-state index contributed by atoms with van der Waals surface area (Å²) in [6.07, 6.45) is 4.97. The number of unbranched alkanes of at least 4 members (excludes halogenated alkanes) is 1. The fraction of sp³-hybridized carbons (Fsp3) is 0.500. The SMILES string of the molecule is O=C(CCCCCl)Nc1nccnn1. The van der Waals surface area contributed by atoms with E-state index in [-0.39, 0.29) is 11.9 Å². The zero-order chi connectivity index (χ0) is 10.2. The molecule has 0 unspecified atom stereocenters. The van der Waals surface area contributed by atoms with Crippen LogP contribution in [0.3, 0.4) is 0 Å². The summed E-state index contributed by atoms with van der Waals surface area (Å²) in [6, 6.07) is 0. The van der Waals surface area contributed by atoms with Crippen LogP contribution in [0, 0.1) is 0 Å². The Morgan fingerprint density at radius 2 is 2.29 bits per heavy atom. The minimum Gasteiger partial charge on any atom is -0.293 e. The fourth-order valence-electron chi connectivity index (χ4n) is 0.872. The Kier molecular flexibility index (Phi) is 4.85. The van der Waals surface area contributed by atoms with Gasteiger partial charge in [-0.05, 0) is 12.8 Å². The van der Waals surface area contributed by atoms with Crippen LogP contribution in [0.15, 0.2) is 12.4 Å². The number of nitrogens with zero attached hydrogens (tertiary/aromatic N) is 3. The highest BCUT2D eigenvalue weighted by Crippen LogP contribution is 2.00. The van der Waals surface area contributed by atoms with Gasteiger partial charge < -0.3 is 0 Å². The average Bonchev–Trinajstić information content (AvgIpc) is 2.20. The summed E-state index contributed by atoms with van der Waals surface area (Å²) in [5.41, 5.74) is 0. The van der Waals surface area contributed by atoms with E-state index in [4.69, 9.17) is 11.6 Å². The van der Waals surface area contributed by atoms with Crippen molar-refractivity contribution in [2.24, 2.45) is 0 Å². The van der Waals surface area contributed by atoms with E-state index in [2.05, 4.69) is 20.5 Å². The molecule has 76 valence electrons. The van der Waals surface area contributed by atoms with E-state index in [0.717, 1.165) is 12.8 Å². The molecule has 0 radical (unpaired) electrons. The first kappa shape index (κ1) is 10.8. The van der Waals surface area contributed by atoms with E-state index in [1.54, 1.807) is 0 Å². The number of alkyl halides is 1. The normalized spacial score (nSPS) is 9.79. The van der Waals surface area contributed by atoms with Gasteiger partial charge in [0, 0.05) is 12.3 Å². The molecule has 1 aromatic heterocycles. The van der Waals surface area contributed by atoms with Crippen LogP contribution in [-0.2, 0) is 4.79 Å². The molecule has 0 saturated heterocycles. The van der Waals surface area contributed by atoms with E-state index in [1.807, 2.05) is 0 Å². The Labute approximate surface area is 86.9 Å². The van der Waals surface area contributed by atoms with Gasteiger partial charge in [-0.25, -0.2) is 4.98 Å². The van der Waals surface area contributed by atoms with Gasteiger partial charge in [-0.2, -0.15) is 5.10 Å². The third-order valence-corrected chi connectivity index (χ3v) is 1.79. The van der Waals surface area contributed by atoms with Crippen LogP contribution >= 0.6 is 11.6 Å². The summed E-state index contributed by atoms with van der Waals surface area (Å²) < 4.78 is 0. The number of carbonyl (C=O) groups excluding carboxylic acids is 1. The van der Waals surface area contributed by atoms with Gasteiger partial charge in [-0.1, -0.05) is 0 Å². The van der Waals surface area contributed by atoms with Crippen LogP contribution in [0.25, 0.3) is 0 Å². The molecule has 1 heterocycles. The summed E-state index contributed by atoms with van der Waals surface area (Å²) >= 11 is 5.48. The number of hydrogen-bond donors (Lipinski definition) is 1. The predicted octanol–water partition coefficient (Wildman–Crippen LogP) is 1.22. The summed E-state index contributed by atoms with van der Waals surface area (Å²) in [5.74, 6) is 0.711. The highest BCUT2D eigenvalue weighted by molar-refractivity contribution is 6.17. The summed E-state index contributed by atoms with van der Waals surface area (Å²) in [7, 11) is 0. The second-order valence-corrected chi connectivity index (χ2v) is 3.04. The third-order valence-electron chi connectivity index (χ3n) is 1.52. The van der Waals surface area contributed by atoms with E-state index in [9.17, 15) is 4.79 Å². The Bertz CT molecular complexity index is 280. The van der Waals surface area contributed by atoms with Gasteiger partial charge in [0.1, 0.15) is 0 Å². The van der Waals surface area contributed by atoms with Gasteiger partial charge in [0.2, 0.25) is 11.9 Å². The molecule has 1 N–H and O–H groups in total. The van der Waals surface area contributed by atoms with Crippen molar-refractivity contribution in [3.63, 3.8) is 0 Å². The van der Waals surface area contributed by atoms with Crippen molar-refractivity contribution in [1.29, 1.82) is 0 Å². The molecule has 0 atom stereocenters. The molecule has 6 heteroatoms. The van der Waals surface area contributed by atoms with Gasteiger partial charge in [0.25, 0.3) is 0 Å². The molecule has 0 aliphatic heterocycles. The maximum absolute atomic E-state index is 11.2. The number of nitrogens with one attached hydrogen (secondary N) is 1. The predicted molar refractivity (Wildman–Crippen MR) is 53.0 cm³/mol. The lowest BCUT2D eigenvalue weighted by atomic mass is 10.2. The van der Waals surface area contributed by atoms with Gasteiger partial charge in [0.05, 0.1) is 12.4 Å². The molecule has 1 aromatic rings. The molecule has 14 heavy (non-hydrogen) atoms. The van der Waals surface area contributed by atoms with Crippen molar-refractivity contribution in [3.8, 4) is 0 Å². The zero-order valence-corrected chi connectivity index (χ0v) is 8.37. The Morgan fingerprint density at radius 3 is 2.93 bits per heavy atom. The third kappa shape index (κ3) is 4.13. The number of carbonyl (C=O) groups is 1. The number of amides is 1.